The molecule has 27 heavy (non-hydrogen) atoms. The van der Waals surface area contributed by atoms with Crippen molar-refractivity contribution >= 4 is 28.3 Å². The highest BCUT2D eigenvalue weighted by atomic mass is 32.1. The summed E-state index contributed by atoms with van der Waals surface area (Å²) in [5.41, 5.74) is 2.84. The maximum Gasteiger partial charge on any atom is 0.410 e. The molecule has 0 bridgehead atoms. The summed E-state index contributed by atoms with van der Waals surface area (Å²) < 4.78 is 11.3. The molecule has 7 heteroatoms. The second-order valence-electron chi connectivity index (χ2n) is 6.82. The molecule has 142 valence electrons. The quantitative estimate of drug-likeness (QED) is 0.681. The maximum absolute atomic E-state index is 12.1. The van der Waals surface area contributed by atoms with Crippen molar-refractivity contribution in [1.29, 1.82) is 0 Å². The molecule has 0 spiro atoms. The van der Waals surface area contributed by atoms with E-state index < -0.39 is 0 Å². The van der Waals surface area contributed by atoms with E-state index in [1.165, 1.54) is 16.7 Å². The molecule has 1 aliphatic rings. The molecule has 6 nitrogen and oxygen atoms in total. The molecule has 4 rings (SSSR count). The van der Waals surface area contributed by atoms with Gasteiger partial charge in [0.25, 0.3) is 0 Å². The van der Waals surface area contributed by atoms with Gasteiger partial charge in [-0.25, -0.2) is 4.79 Å². The number of hydrogen-bond acceptors (Lipinski definition) is 5. The van der Waals surface area contributed by atoms with Gasteiger partial charge in [-0.1, -0.05) is 0 Å². The fraction of sp³-hybridized carbons (Fsp3) is 0.400. The first-order valence-electron chi connectivity index (χ1n) is 9.27. The van der Waals surface area contributed by atoms with Crippen LogP contribution in [0.2, 0.25) is 0 Å². The summed E-state index contributed by atoms with van der Waals surface area (Å²) in [5.74, 6) is 1.48. The number of nitrogens with one attached hydrogen (secondary N) is 1. The lowest BCUT2D eigenvalue weighted by molar-refractivity contribution is 0.0807. The highest BCUT2D eigenvalue weighted by Gasteiger charge is 2.23. The van der Waals surface area contributed by atoms with E-state index >= 15 is 0 Å². The molecule has 1 amide bonds. The summed E-state index contributed by atoms with van der Waals surface area (Å²) in [6, 6.07) is 8.17. The molecular formula is C20H23N3O3S. The Hall–Kier alpha value is -2.54. The Morgan fingerprint density at radius 3 is 3.00 bits per heavy atom. The van der Waals surface area contributed by atoms with Gasteiger partial charge < -0.3 is 19.4 Å². The lowest BCUT2D eigenvalue weighted by Gasteiger charge is -2.31. The van der Waals surface area contributed by atoms with Gasteiger partial charge in [-0.2, -0.15) is 0 Å². The number of nitrogens with zero attached hydrogens (tertiary/aromatic N) is 2. The van der Waals surface area contributed by atoms with Crippen LogP contribution in [0.4, 0.5) is 4.79 Å². The largest absolute Gasteiger partial charge is 0.494 e. The third-order valence-electron chi connectivity index (χ3n) is 5.02. The van der Waals surface area contributed by atoms with Crippen LogP contribution in [-0.2, 0) is 11.3 Å². The van der Waals surface area contributed by atoms with Crippen LogP contribution in [0.15, 0.2) is 42.2 Å². The molecule has 0 saturated carbocycles. The lowest BCUT2D eigenvalue weighted by atomic mass is 9.94. The van der Waals surface area contributed by atoms with E-state index in [4.69, 9.17) is 9.47 Å². The molecule has 0 unspecified atom stereocenters. The summed E-state index contributed by atoms with van der Waals surface area (Å²) >= 11 is 1.50. The Morgan fingerprint density at radius 2 is 2.19 bits per heavy atom. The Bertz CT molecular complexity index is 870. The topological polar surface area (TPSA) is 67.4 Å². The van der Waals surface area contributed by atoms with E-state index in [0.29, 0.717) is 19.1 Å². The van der Waals surface area contributed by atoms with Crippen molar-refractivity contribution in [2.24, 2.45) is 5.92 Å². The monoisotopic (exact) mass is 385 g/mol. The summed E-state index contributed by atoms with van der Waals surface area (Å²) in [6.45, 7) is 2.51. The van der Waals surface area contributed by atoms with Gasteiger partial charge in [-0.05, 0) is 48.8 Å². The number of hydrogen-bond donors (Lipinski definition) is 1. The van der Waals surface area contributed by atoms with E-state index in [2.05, 4.69) is 22.1 Å². The van der Waals surface area contributed by atoms with Crippen LogP contribution in [0.1, 0.15) is 24.1 Å². The van der Waals surface area contributed by atoms with E-state index in [1.54, 1.807) is 16.6 Å². The number of rotatable bonds is 6. The Morgan fingerprint density at radius 1 is 1.30 bits per heavy atom. The van der Waals surface area contributed by atoms with E-state index in [9.17, 15) is 4.79 Å². The van der Waals surface area contributed by atoms with Gasteiger partial charge in [0.15, 0.2) is 0 Å². The third kappa shape index (κ3) is 4.60. The molecule has 1 fully saturated rings. The van der Waals surface area contributed by atoms with Gasteiger partial charge in [-0.3, -0.25) is 4.98 Å². The minimum Gasteiger partial charge on any atom is -0.494 e. The van der Waals surface area contributed by atoms with Crippen LogP contribution in [-0.4, -0.2) is 40.7 Å². The first kappa shape index (κ1) is 17.9. The van der Waals surface area contributed by atoms with Crippen LogP contribution in [0.5, 0.6) is 5.75 Å². The SMILES string of the molecule is O=C(OCc1cncs1)N1CCC(CCOc2ccc3cc[nH]c3c2)CC1. The lowest BCUT2D eigenvalue weighted by Crippen LogP contribution is -2.39. The number of aromatic amines is 1. The number of aromatic nitrogens is 2. The number of H-pyrrole nitrogens is 1. The fourth-order valence-electron chi connectivity index (χ4n) is 3.40. The predicted octanol–water partition coefficient (Wildman–Crippen LogP) is 4.44. The zero-order chi connectivity index (χ0) is 18.5. The van der Waals surface area contributed by atoms with Crippen molar-refractivity contribution in [2.75, 3.05) is 19.7 Å². The molecule has 0 atom stereocenters. The van der Waals surface area contributed by atoms with Crippen molar-refractivity contribution < 1.29 is 14.3 Å². The number of fused-ring (bicyclic) bond motifs is 1. The third-order valence-corrected chi connectivity index (χ3v) is 5.77. The summed E-state index contributed by atoms with van der Waals surface area (Å²) in [7, 11) is 0. The van der Waals surface area contributed by atoms with Gasteiger partial charge in [-0.15, -0.1) is 11.3 Å². The molecule has 1 aromatic carbocycles. The molecule has 0 aliphatic carbocycles. The first-order chi connectivity index (χ1) is 13.3. The van der Waals surface area contributed by atoms with Crippen LogP contribution in [0.25, 0.3) is 10.9 Å². The number of ether oxygens (including phenoxy) is 2. The van der Waals surface area contributed by atoms with Crippen molar-refractivity contribution in [2.45, 2.75) is 25.9 Å². The molecule has 1 aliphatic heterocycles. The van der Waals surface area contributed by atoms with Gasteiger partial charge in [0.1, 0.15) is 12.4 Å². The van der Waals surface area contributed by atoms with Gasteiger partial charge >= 0.3 is 6.09 Å². The van der Waals surface area contributed by atoms with E-state index in [1.807, 2.05) is 18.3 Å². The highest BCUT2D eigenvalue weighted by Crippen LogP contribution is 2.23. The second kappa shape index (κ2) is 8.43. The van der Waals surface area contributed by atoms with Crippen molar-refractivity contribution in [3.05, 3.63) is 47.0 Å². The van der Waals surface area contributed by atoms with E-state index in [-0.39, 0.29) is 6.09 Å². The second-order valence-corrected chi connectivity index (χ2v) is 7.79. The number of benzene rings is 1. The Balaban J connectivity index is 1.16. The number of piperidine rings is 1. The number of thiazole rings is 1. The van der Waals surface area contributed by atoms with Gasteiger partial charge in [0, 0.05) is 37.1 Å². The zero-order valence-corrected chi connectivity index (χ0v) is 15.9. The zero-order valence-electron chi connectivity index (χ0n) is 15.1. The van der Waals surface area contributed by atoms with Gasteiger partial charge in [0.2, 0.25) is 0 Å². The van der Waals surface area contributed by atoms with E-state index in [0.717, 1.165) is 48.5 Å². The summed E-state index contributed by atoms with van der Waals surface area (Å²) in [6.07, 6.45) is 6.44. The Labute approximate surface area is 162 Å². The Kier molecular flexibility index (Phi) is 5.58. The van der Waals surface area contributed by atoms with Crippen LogP contribution < -0.4 is 4.74 Å². The average Bonchev–Trinajstić information content (AvgIpc) is 3.38. The molecule has 1 N–H and O–H groups in total. The van der Waals surface area contributed by atoms with Crippen molar-refractivity contribution in [3.8, 4) is 5.75 Å². The maximum atomic E-state index is 12.1. The standard InChI is InChI=1S/C20H23N3O3S/c24-20(26-13-18-12-21-14-27-18)23-8-4-15(5-9-23)6-10-25-17-2-1-16-3-7-22-19(16)11-17/h1-3,7,11-12,14-15,22H,4-6,8-10,13H2. The number of carbonyl (C=O) groups excluding carboxylic acids is 1. The van der Waals surface area contributed by atoms with Crippen LogP contribution >= 0.6 is 11.3 Å². The molecule has 2 aromatic heterocycles. The minimum absolute atomic E-state index is 0.225. The summed E-state index contributed by atoms with van der Waals surface area (Å²) in [4.78, 5) is 22.1. The van der Waals surface area contributed by atoms with Crippen LogP contribution in [0, 0.1) is 5.92 Å². The number of amides is 1. The number of likely N-dealkylation sites (tertiary alicyclic amines) is 1. The number of carbonyl (C=O) groups is 1. The normalized spacial score (nSPS) is 15.2. The molecule has 3 heterocycles. The van der Waals surface area contributed by atoms with Crippen LogP contribution in [0.3, 0.4) is 0 Å². The van der Waals surface area contributed by atoms with Crippen molar-refractivity contribution in [3.63, 3.8) is 0 Å². The average molecular weight is 385 g/mol. The minimum atomic E-state index is -0.225. The van der Waals surface area contributed by atoms with Crippen molar-refractivity contribution in [1.82, 2.24) is 14.9 Å². The molecule has 1 saturated heterocycles. The highest BCUT2D eigenvalue weighted by molar-refractivity contribution is 7.09. The summed E-state index contributed by atoms with van der Waals surface area (Å²) in [5, 5.41) is 1.19. The van der Waals surface area contributed by atoms with Gasteiger partial charge in [0.05, 0.1) is 17.0 Å². The molecule has 3 aromatic rings. The predicted molar refractivity (Wildman–Crippen MR) is 105 cm³/mol. The molecular weight excluding hydrogens is 362 g/mol. The first-order valence-corrected chi connectivity index (χ1v) is 10.1. The fourth-order valence-corrected chi connectivity index (χ4v) is 3.91. The smallest absolute Gasteiger partial charge is 0.410 e. The molecule has 0 radical (unpaired) electrons.